The number of benzene rings is 3. The van der Waals surface area contributed by atoms with Gasteiger partial charge in [0.05, 0.1) is 17.6 Å². The summed E-state index contributed by atoms with van der Waals surface area (Å²) in [6.07, 6.45) is 0.870. The molecule has 4 nitrogen and oxygen atoms in total. The minimum absolute atomic E-state index is 0.0153. The zero-order chi connectivity index (χ0) is 21.1. The summed E-state index contributed by atoms with van der Waals surface area (Å²) < 4.78 is 2.09. The number of aromatic nitrogens is 2. The van der Waals surface area contributed by atoms with E-state index in [4.69, 9.17) is 16.6 Å². The molecule has 4 aromatic rings. The molecule has 152 valence electrons. The van der Waals surface area contributed by atoms with Crippen molar-refractivity contribution < 1.29 is 4.79 Å². The summed E-state index contributed by atoms with van der Waals surface area (Å²) in [5.41, 5.74) is 4.62. The number of hydrogen-bond acceptors (Lipinski definition) is 2. The topological polar surface area (TPSA) is 38.1 Å². The normalized spacial score (nSPS) is 11.0. The SMILES string of the molecule is CCCN(Cc1nc2ccc(Cl)cc2n1-c1ccccc1)C(=O)c1ccc(C)cc1. The van der Waals surface area contributed by atoms with E-state index in [2.05, 4.69) is 11.5 Å². The molecule has 4 rings (SSSR count). The Morgan fingerprint density at radius 2 is 1.77 bits per heavy atom. The lowest BCUT2D eigenvalue weighted by atomic mass is 10.1. The van der Waals surface area contributed by atoms with Crippen molar-refractivity contribution in [2.45, 2.75) is 26.8 Å². The zero-order valence-electron chi connectivity index (χ0n) is 17.2. The fourth-order valence-corrected chi connectivity index (χ4v) is 3.81. The molecule has 1 aromatic heterocycles. The molecular formula is C25H24ClN3O. The van der Waals surface area contributed by atoms with E-state index in [1.54, 1.807) is 0 Å². The van der Waals surface area contributed by atoms with Gasteiger partial charge in [0.1, 0.15) is 5.82 Å². The van der Waals surface area contributed by atoms with E-state index in [0.29, 0.717) is 23.7 Å². The predicted octanol–water partition coefficient (Wildman–Crippen LogP) is 6.04. The van der Waals surface area contributed by atoms with Crippen LogP contribution in [0.2, 0.25) is 5.02 Å². The number of carbonyl (C=O) groups excluding carboxylic acids is 1. The van der Waals surface area contributed by atoms with Crippen molar-refractivity contribution in [1.29, 1.82) is 0 Å². The second kappa shape index (κ2) is 8.72. The van der Waals surface area contributed by atoms with Gasteiger partial charge in [-0.1, -0.05) is 54.4 Å². The average Bonchev–Trinajstić information content (AvgIpc) is 3.11. The fourth-order valence-electron chi connectivity index (χ4n) is 3.64. The number of imidazole rings is 1. The highest BCUT2D eigenvalue weighted by Gasteiger charge is 2.20. The first-order chi connectivity index (χ1) is 14.6. The van der Waals surface area contributed by atoms with Crippen molar-refractivity contribution in [2.24, 2.45) is 0 Å². The number of aryl methyl sites for hydroxylation is 1. The Hall–Kier alpha value is -3.11. The van der Waals surface area contributed by atoms with Crippen LogP contribution in [0, 0.1) is 6.92 Å². The minimum atomic E-state index is 0.0153. The number of rotatable bonds is 6. The van der Waals surface area contributed by atoms with Crippen LogP contribution in [0.15, 0.2) is 72.8 Å². The third-order valence-electron chi connectivity index (χ3n) is 5.11. The molecule has 0 atom stereocenters. The predicted molar refractivity (Wildman–Crippen MR) is 122 cm³/mol. The summed E-state index contributed by atoms with van der Waals surface area (Å²) in [5.74, 6) is 0.828. The summed E-state index contributed by atoms with van der Waals surface area (Å²) in [5, 5.41) is 0.660. The molecule has 0 spiro atoms. The van der Waals surface area contributed by atoms with Gasteiger partial charge in [-0.3, -0.25) is 9.36 Å². The highest BCUT2D eigenvalue weighted by molar-refractivity contribution is 6.31. The number of halogens is 1. The standard InChI is InChI=1S/C25H24ClN3O/c1-3-15-28(25(30)19-11-9-18(2)10-12-19)17-24-27-22-14-13-20(26)16-23(22)29(24)21-7-5-4-6-8-21/h4-14,16H,3,15,17H2,1-2H3. The van der Waals surface area contributed by atoms with Crippen molar-refractivity contribution in [3.05, 3.63) is 94.8 Å². The second-order valence-electron chi connectivity index (χ2n) is 7.42. The van der Waals surface area contributed by atoms with E-state index in [1.165, 1.54) is 0 Å². The van der Waals surface area contributed by atoms with Crippen molar-refractivity contribution >= 4 is 28.5 Å². The van der Waals surface area contributed by atoms with Crippen molar-refractivity contribution in [3.63, 3.8) is 0 Å². The monoisotopic (exact) mass is 417 g/mol. The number of carbonyl (C=O) groups is 1. The molecule has 0 aliphatic rings. The van der Waals surface area contributed by atoms with Gasteiger partial charge in [-0.2, -0.15) is 0 Å². The van der Waals surface area contributed by atoms with Crippen LogP contribution in [-0.2, 0) is 6.54 Å². The molecule has 0 saturated carbocycles. The fraction of sp³-hybridized carbons (Fsp3) is 0.200. The molecule has 30 heavy (non-hydrogen) atoms. The molecule has 1 amide bonds. The minimum Gasteiger partial charge on any atom is -0.331 e. The zero-order valence-corrected chi connectivity index (χ0v) is 17.9. The van der Waals surface area contributed by atoms with Gasteiger partial charge in [-0.25, -0.2) is 4.98 Å². The van der Waals surface area contributed by atoms with Gasteiger partial charge < -0.3 is 4.90 Å². The van der Waals surface area contributed by atoms with E-state index in [-0.39, 0.29) is 5.91 Å². The largest absolute Gasteiger partial charge is 0.331 e. The number of fused-ring (bicyclic) bond motifs is 1. The van der Waals surface area contributed by atoms with Crippen LogP contribution in [0.25, 0.3) is 16.7 Å². The van der Waals surface area contributed by atoms with Gasteiger partial charge in [0.2, 0.25) is 0 Å². The van der Waals surface area contributed by atoms with E-state index < -0.39 is 0 Å². The molecule has 0 bridgehead atoms. The van der Waals surface area contributed by atoms with Crippen LogP contribution in [0.1, 0.15) is 35.1 Å². The Bertz CT molecular complexity index is 1170. The number of amides is 1. The van der Waals surface area contributed by atoms with Gasteiger partial charge in [0, 0.05) is 22.8 Å². The quantitative estimate of drug-likeness (QED) is 0.383. The van der Waals surface area contributed by atoms with Gasteiger partial charge in [-0.05, 0) is 55.8 Å². The van der Waals surface area contributed by atoms with Crippen LogP contribution < -0.4 is 0 Å². The highest BCUT2D eigenvalue weighted by atomic mass is 35.5. The van der Waals surface area contributed by atoms with E-state index in [0.717, 1.165) is 34.5 Å². The molecule has 0 aliphatic heterocycles. The van der Waals surface area contributed by atoms with Gasteiger partial charge >= 0.3 is 0 Å². The third-order valence-corrected chi connectivity index (χ3v) is 5.35. The summed E-state index contributed by atoms with van der Waals surface area (Å²) in [7, 11) is 0. The number of nitrogens with zero attached hydrogens (tertiary/aromatic N) is 3. The van der Waals surface area contributed by atoms with Crippen molar-refractivity contribution in [2.75, 3.05) is 6.54 Å². The molecule has 3 aromatic carbocycles. The van der Waals surface area contributed by atoms with Gasteiger partial charge in [-0.15, -0.1) is 0 Å². The summed E-state index contributed by atoms with van der Waals surface area (Å²) in [6, 6.07) is 23.5. The Morgan fingerprint density at radius 1 is 1.03 bits per heavy atom. The summed E-state index contributed by atoms with van der Waals surface area (Å²) in [4.78, 5) is 20.0. The maximum Gasteiger partial charge on any atom is 0.254 e. The molecule has 0 radical (unpaired) electrons. The highest BCUT2D eigenvalue weighted by Crippen LogP contribution is 2.26. The first-order valence-corrected chi connectivity index (χ1v) is 10.5. The first kappa shape index (κ1) is 20.2. The molecule has 0 fully saturated rings. The lowest BCUT2D eigenvalue weighted by molar-refractivity contribution is 0.0738. The summed E-state index contributed by atoms with van der Waals surface area (Å²) >= 11 is 6.28. The molecule has 0 N–H and O–H groups in total. The van der Waals surface area contributed by atoms with Crippen LogP contribution in [-0.4, -0.2) is 26.9 Å². The Kier molecular flexibility index (Phi) is 5.86. The van der Waals surface area contributed by atoms with E-state index >= 15 is 0 Å². The maximum atomic E-state index is 13.2. The van der Waals surface area contributed by atoms with Crippen LogP contribution in [0.3, 0.4) is 0 Å². The first-order valence-electron chi connectivity index (χ1n) is 10.1. The Labute approximate surface area is 181 Å². The molecule has 1 heterocycles. The third kappa shape index (κ3) is 4.10. The van der Waals surface area contributed by atoms with Crippen LogP contribution in [0.5, 0.6) is 0 Å². The van der Waals surface area contributed by atoms with E-state index in [9.17, 15) is 4.79 Å². The molecule has 0 unspecified atom stereocenters. The Morgan fingerprint density at radius 3 is 2.47 bits per heavy atom. The molecule has 5 heteroatoms. The lowest BCUT2D eigenvalue weighted by Gasteiger charge is -2.22. The van der Waals surface area contributed by atoms with Gasteiger partial charge in [0.15, 0.2) is 0 Å². The summed E-state index contributed by atoms with van der Waals surface area (Å²) in [6.45, 7) is 5.17. The van der Waals surface area contributed by atoms with Gasteiger partial charge in [0.25, 0.3) is 5.91 Å². The van der Waals surface area contributed by atoms with Crippen LogP contribution >= 0.6 is 11.6 Å². The average molecular weight is 418 g/mol. The van der Waals surface area contributed by atoms with Crippen molar-refractivity contribution in [1.82, 2.24) is 14.5 Å². The molecule has 0 aliphatic carbocycles. The maximum absolute atomic E-state index is 13.2. The lowest BCUT2D eigenvalue weighted by Crippen LogP contribution is -2.32. The number of hydrogen-bond donors (Lipinski definition) is 0. The van der Waals surface area contributed by atoms with Crippen LogP contribution in [0.4, 0.5) is 0 Å². The Balaban J connectivity index is 1.77. The van der Waals surface area contributed by atoms with E-state index in [1.807, 2.05) is 84.6 Å². The smallest absolute Gasteiger partial charge is 0.254 e. The molecule has 0 saturated heterocycles. The number of para-hydroxylation sites is 1. The molecular weight excluding hydrogens is 394 g/mol. The second-order valence-corrected chi connectivity index (χ2v) is 7.86. The van der Waals surface area contributed by atoms with Crippen molar-refractivity contribution in [3.8, 4) is 5.69 Å².